The third kappa shape index (κ3) is 4.19. The van der Waals surface area contributed by atoms with Gasteiger partial charge in [-0.1, -0.05) is 6.07 Å². The van der Waals surface area contributed by atoms with E-state index in [1.54, 1.807) is 56.5 Å². The van der Waals surface area contributed by atoms with Crippen LogP contribution >= 0.6 is 0 Å². The number of hydrogen-bond acceptors (Lipinski definition) is 5. The number of benzene rings is 2. The smallest absolute Gasteiger partial charge is 0.326 e. The first-order valence-electron chi connectivity index (χ1n) is 10.1. The van der Waals surface area contributed by atoms with Crippen molar-refractivity contribution in [1.29, 1.82) is 0 Å². The molecule has 164 valence electrons. The number of hydrogen-bond donors (Lipinski definition) is 2. The van der Waals surface area contributed by atoms with E-state index in [-0.39, 0.29) is 0 Å². The van der Waals surface area contributed by atoms with Crippen LogP contribution in [0.15, 0.2) is 42.5 Å². The highest BCUT2D eigenvalue weighted by Crippen LogP contribution is 2.32. The van der Waals surface area contributed by atoms with Gasteiger partial charge in [0.15, 0.2) is 0 Å². The minimum absolute atomic E-state index is 0.470. The minimum atomic E-state index is -1.28. The summed E-state index contributed by atoms with van der Waals surface area (Å²) in [5, 5.41) is 5.47. The molecule has 0 aliphatic carbocycles. The SMILES string of the molecule is CCOc1ccc(NC(=O)C(C)N2C(=O)NC(C)(c3ccc(OC)c(C)c3)C2=O)cc1. The molecule has 1 aliphatic rings. The molecule has 0 radical (unpaired) electrons. The van der Waals surface area contributed by atoms with E-state index in [4.69, 9.17) is 9.47 Å². The lowest BCUT2D eigenvalue weighted by atomic mass is 9.90. The Balaban J connectivity index is 1.77. The van der Waals surface area contributed by atoms with Gasteiger partial charge in [-0.3, -0.25) is 9.59 Å². The third-order valence-electron chi connectivity index (χ3n) is 5.39. The Bertz CT molecular complexity index is 1000. The molecule has 2 N–H and O–H groups in total. The van der Waals surface area contributed by atoms with Crippen LogP contribution in [0.3, 0.4) is 0 Å². The number of amides is 4. The van der Waals surface area contributed by atoms with Crippen molar-refractivity contribution < 1.29 is 23.9 Å². The number of rotatable bonds is 7. The van der Waals surface area contributed by atoms with Crippen LogP contribution in [0.25, 0.3) is 0 Å². The summed E-state index contributed by atoms with van der Waals surface area (Å²) >= 11 is 0. The monoisotopic (exact) mass is 425 g/mol. The summed E-state index contributed by atoms with van der Waals surface area (Å²) in [6.07, 6.45) is 0. The molecule has 2 aromatic rings. The molecule has 2 unspecified atom stereocenters. The Labute approximate surface area is 181 Å². The summed E-state index contributed by atoms with van der Waals surface area (Å²) in [4.78, 5) is 39.6. The quantitative estimate of drug-likeness (QED) is 0.664. The van der Waals surface area contributed by atoms with Gasteiger partial charge in [-0.05, 0) is 75.2 Å². The van der Waals surface area contributed by atoms with Gasteiger partial charge in [-0.15, -0.1) is 0 Å². The van der Waals surface area contributed by atoms with Gasteiger partial charge >= 0.3 is 6.03 Å². The summed E-state index contributed by atoms with van der Waals surface area (Å²) in [7, 11) is 1.57. The molecule has 2 aromatic carbocycles. The van der Waals surface area contributed by atoms with Crippen molar-refractivity contribution in [3.63, 3.8) is 0 Å². The van der Waals surface area contributed by atoms with Crippen LogP contribution in [-0.2, 0) is 15.1 Å². The van der Waals surface area contributed by atoms with E-state index in [1.165, 1.54) is 6.92 Å². The zero-order valence-electron chi connectivity index (χ0n) is 18.3. The molecule has 1 aliphatic heterocycles. The first-order valence-corrected chi connectivity index (χ1v) is 10.1. The zero-order valence-corrected chi connectivity index (χ0v) is 18.3. The Hall–Kier alpha value is -3.55. The van der Waals surface area contributed by atoms with Gasteiger partial charge in [-0.25, -0.2) is 9.69 Å². The predicted octanol–water partition coefficient (Wildman–Crippen LogP) is 3.20. The fourth-order valence-corrected chi connectivity index (χ4v) is 3.56. The molecule has 3 rings (SSSR count). The maximum Gasteiger partial charge on any atom is 0.326 e. The largest absolute Gasteiger partial charge is 0.496 e. The summed E-state index contributed by atoms with van der Waals surface area (Å²) < 4.78 is 10.7. The molecule has 8 heteroatoms. The van der Waals surface area contributed by atoms with Crippen LogP contribution in [0.5, 0.6) is 11.5 Å². The number of urea groups is 1. The third-order valence-corrected chi connectivity index (χ3v) is 5.39. The predicted molar refractivity (Wildman–Crippen MR) is 116 cm³/mol. The second kappa shape index (κ2) is 8.67. The molecule has 0 spiro atoms. The minimum Gasteiger partial charge on any atom is -0.496 e. The number of ether oxygens (including phenoxy) is 2. The van der Waals surface area contributed by atoms with E-state index in [2.05, 4.69) is 10.6 Å². The molecule has 8 nitrogen and oxygen atoms in total. The Morgan fingerprint density at radius 1 is 1.19 bits per heavy atom. The number of anilines is 1. The highest BCUT2D eigenvalue weighted by molar-refractivity contribution is 6.11. The lowest BCUT2D eigenvalue weighted by Gasteiger charge is -2.25. The fourth-order valence-electron chi connectivity index (χ4n) is 3.56. The number of nitrogens with one attached hydrogen (secondary N) is 2. The van der Waals surface area contributed by atoms with Crippen molar-refractivity contribution in [2.24, 2.45) is 0 Å². The molecule has 1 fully saturated rings. The number of imide groups is 1. The Kier molecular flexibility index (Phi) is 6.19. The van der Waals surface area contributed by atoms with E-state index in [1.807, 2.05) is 13.8 Å². The van der Waals surface area contributed by atoms with E-state index in [0.29, 0.717) is 29.4 Å². The normalized spacial score (nSPS) is 19.1. The number of methoxy groups -OCH3 is 1. The second-order valence-corrected chi connectivity index (χ2v) is 7.54. The van der Waals surface area contributed by atoms with Crippen molar-refractivity contribution >= 4 is 23.5 Å². The van der Waals surface area contributed by atoms with Crippen LogP contribution in [0, 0.1) is 6.92 Å². The Morgan fingerprint density at radius 2 is 1.87 bits per heavy atom. The number of carbonyl (C=O) groups is 3. The van der Waals surface area contributed by atoms with Gasteiger partial charge in [-0.2, -0.15) is 0 Å². The second-order valence-electron chi connectivity index (χ2n) is 7.54. The lowest BCUT2D eigenvalue weighted by molar-refractivity contribution is -0.136. The summed E-state index contributed by atoms with van der Waals surface area (Å²) in [6.45, 7) is 7.44. The summed E-state index contributed by atoms with van der Waals surface area (Å²) in [5.41, 5.74) is 0.719. The highest BCUT2D eigenvalue weighted by atomic mass is 16.5. The van der Waals surface area contributed by atoms with Gasteiger partial charge in [0, 0.05) is 5.69 Å². The lowest BCUT2D eigenvalue weighted by Crippen LogP contribution is -2.47. The average Bonchev–Trinajstić information content (AvgIpc) is 2.98. The highest BCUT2D eigenvalue weighted by Gasteiger charge is 2.51. The first-order chi connectivity index (χ1) is 14.7. The number of nitrogens with zero attached hydrogens (tertiary/aromatic N) is 1. The number of carbonyl (C=O) groups excluding carboxylic acids is 3. The van der Waals surface area contributed by atoms with E-state index in [0.717, 1.165) is 10.5 Å². The average molecular weight is 425 g/mol. The van der Waals surface area contributed by atoms with Crippen LogP contribution in [0.2, 0.25) is 0 Å². The molecule has 0 aromatic heterocycles. The van der Waals surface area contributed by atoms with Gasteiger partial charge in [0.2, 0.25) is 5.91 Å². The maximum atomic E-state index is 13.2. The molecule has 1 saturated heterocycles. The molecule has 0 bridgehead atoms. The summed E-state index contributed by atoms with van der Waals surface area (Å²) in [6, 6.07) is 10.5. The number of aryl methyl sites for hydroxylation is 1. The van der Waals surface area contributed by atoms with Crippen molar-refractivity contribution in [1.82, 2.24) is 10.2 Å². The molecule has 1 heterocycles. The molecular weight excluding hydrogens is 398 g/mol. The first kappa shape index (κ1) is 22.1. The van der Waals surface area contributed by atoms with Crippen molar-refractivity contribution in [3.8, 4) is 11.5 Å². The van der Waals surface area contributed by atoms with E-state index < -0.39 is 29.4 Å². The molecule has 2 atom stereocenters. The molecular formula is C23H27N3O5. The van der Waals surface area contributed by atoms with Crippen LogP contribution in [0.4, 0.5) is 10.5 Å². The van der Waals surface area contributed by atoms with E-state index in [9.17, 15) is 14.4 Å². The zero-order chi connectivity index (χ0) is 22.8. The fraction of sp³-hybridized carbons (Fsp3) is 0.348. The van der Waals surface area contributed by atoms with Crippen LogP contribution < -0.4 is 20.1 Å². The van der Waals surface area contributed by atoms with Gasteiger partial charge in [0.05, 0.1) is 13.7 Å². The summed E-state index contributed by atoms with van der Waals surface area (Å²) in [5.74, 6) is 0.413. The van der Waals surface area contributed by atoms with Crippen molar-refractivity contribution in [3.05, 3.63) is 53.6 Å². The molecule has 0 saturated carbocycles. The Morgan fingerprint density at radius 3 is 2.45 bits per heavy atom. The van der Waals surface area contributed by atoms with Gasteiger partial charge in [0.25, 0.3) is 5.91 Å². The van der Waals surface area contributed by atoms with Crippen LogP contribution in [0.1, 0.15) is 31.9 Å². The molecule has 4 amide bonds. The topological polar surface area (TPSA) is 97.0 Å². The molecule has 31 heavy (non-hydrogen) atoms. The van der Waals surface area contributed by atoms with Crippen molar-refractivity contribution in [2.75, 3.05) is 19.0 Å². The van der Waals surface area contributed by atoms with E-state index >= 15 is 0 Å². The van der Waals surface area contributed by atoms with Gasteiger partial charge < -0.3 is 20.1 Å². The van der Waals surface area contributed by atoms with Gasteiger partial charge in [0.1, 0.15) is 23.1 Å². The maximum absolute atomic E-state index is 13.2. The van der Waals surface area contributed by atoms with Crippen LogP contribution in [-0.4, -0.2) is 42.5 Å². The standard InChI is InChI=1S/C23H27N3O5/c1-6-31-18-10-8-17(9-11-18)24-20(27)15(3)26-21(28)23(4,25-22(26)29)16-7-12-19(30-5)14(2)13-16/h7-13,15H,6H2,1-5H3,(H,24,27)(H,25,29). The van der Waals surface area contributed by atoms with Crippen molar-refractivity contribution in [2.45, 2.75) is 39.3 Å².